The van der Waals surface area contributed by atoms with Gasteiger partial charge in [-0.05, 0) is 67.6 Å². The van der Waals surface area contributed by atoms with Crippen molar-refractivity contribution in [2.24, 2.45) is 0 Å². The Labute approximate surface area is 233 Å². The molecule has 0 spiro atoms. The first-order valence-corrected chi connectivity index (χ1v) is 14.1. The largest absolute Gasteiger partial charge is 0.489 e. The number of amides is 1. The van der Waals surface area contributed by atoms with Gasteiger partial charge in [-0.2, -0.15) is 4.98 Å². The number of nitrogens with one attached hydrogen (secondary N) is 2. The molecule has 2 N–H and O–H groups in total. The predicted molar refractivity (Wildman–Crippen MR) is 157 cm³/mol. The SMILES string of the molecule is CCCSc1nc2n(n1)C(c1cccc(OCc3ccccc3)c1)C(C(=O)Nc1cccc(C)c1C)=C(C)N2. The highest BCUT2D eigenvalue weighted by molar-refractivity contribution is 7.99. The van der Waals surface area contributed by atoms with Crippen LogP contribution in [0.15, 0.2) is 89.2 Å². The quantitative estimate of drug-likeness (QED) is 0.225. The summed E-state index contributed by atoms with van der Waals surface area (Å²) >= 11 is 1.61. The summed E-state index contributed by atoms with van der Waals surface area (Å²) in [6.07, 6.45) is 1.02. The number of aromatic nitrogens is 3. The van der Waals surface area contributed by atoms with Crippen molar-refractivity contribution in [1.29, 1.82) is 0 Å². The molecule has 1 atom stereocenters. The molecule has 200 valence electrons. The number of carbonyl (C=O) groups is 1. The van der Waals surface area contributed by atoms with E-state index in [0.29, 0.717) is 23.3 Å². The molecule has 4 aromatic rings. The summed E-state index contributed by atoms with van der Waals surface area (Å²) in [7, 11) is 0. The van der Waals surface area contributed by atoms with E-state index in [0.717, 1.165) is 51.6 Å². The summed E-state index contributed by atoms with van der Waals surface area (Å²) in [5, 5.41) is 12.0. The molecule has 0 aliphatic carbocycles. The van der Waals surface area contributed by atoms with Crippen LogP contribution in [0.25, 0.3) is 0 Å². The topological polar surface area (TPSA) is 81.1 Å². The van der Waals surface area contributed by atoms with Crippen LogP contribution in [0, 0.1) is 13.8 Å². The van der Waals surface area contributed by atoms with E-state index in [-0.39, 0.29) is 5.91 Å². The second-order valence-electron chi connectivity index (χ2n) is 9.63. The second-order valence-corrected chi connectivity index (χ2v) is 10.7. The second kappa shape index (κ2) is 11.8. The number of nitrogens with zero attached hydrogens (tertiary/aromatic N) is 3. The summed E-state index contributed by atoms with van der Waals surface area (Å²) in [5.41, 5.74) is 6.26. The van der Waals surface area contributed by atoms with Gasteiger partial charge in [-0.1, -0.05) is 73.3 Å². The van der Waals surface area contributed by atoms with Crippen LogP contribution in [0.1, 0.15) is 48.6 Å². The Morgan fingerprint density at radius 1 is 1.05 bits per heavy atom. The summed E-state index contributed by atoms with van der Waals surface area (Å²) in [6.45, 7) is 8.56. The summed E-state index contributed by atoms with van der Waals surface area (Å²) in [5.74, 6) is 2.08. The molecule has 1 unspecified atom stereocenters. The summed E-state index contributed by atoms with van der Waals surface area (Å²) in [6, 6.07) is 23.4. The Kier molecular flexibility index (Phi) is 8.02. The van der Waals surface area contributed by atoms with Crippen molar-refractivity contribution in [2.75, 3.05) is 16.4 Å². The minimum absolute atomic E-state index is 0.182. The van der Waals surface area contributed by atoms with E-state index in [2.05, 4.69) is 17.6 Å². The molecule has 7 nitrogen and oxygen atoms in total. The van der Waals surface area contributed by atoms with Crippen LogP contribution in [0.5, 0.6) is 5.75 Å². The number of rotatable bonds is 9. The average Bonchev–Trinajstić information content (AvgIpc) is 3.35. The summed E-state index contributed by atoms with van der Waals surface area (Å²) in [4.78, 5) is 18.6. The van der Waals surface area contributed by atoms with Gasteiger partial charge in [-0.3, -0.25) is 4.79 Å². The number of fused-ring (bicyclic) bond motifs is 1. The van der Waals surface area contributed by atoms with Gasteiger partial charge in [-0.25, -0.2) is 4.68 Å². The molecular formula is C31H33N5O2S. The highest BCUT2D eigenvalue weighted by Crippen LogP contribution is 2.38. The van der Waals surface area contributed by atoms with Crippen molar-refractivity contribution in [3.05, 3.63) is 106 Å². The molecule has 1 amide bonds. The van der Waals surface area contributed by atoms with Crippen molar-refractivity contribution in [2.45, 2.75) is 51.9 Å². The third-order valence-electron chi connectivity index (χ3n) is 6.79. The zero-order valence-corrected chi connectivity index (χ0v) is 23.5. The number of aryl methyl sites for hydroxylation is 1. The molecule has 1 aliphatic rings. The first-order valence-electron chi connectivity index (χ1n) is 13.2. The van der Waals surface area contributed by atoms with E-state index in [9.17, 15) is 4.79 Å². The number of allylic oxidation sites excluding steroid dienone is 1. The lowest BCUT2D eigenvalue weighted by Gasteiger charge is -2.29. The lowest BCUT2D eigenvalue weighted by Crippen LogP contribution is -2.31. The van der Waals surface area contributed by atoms with Crippen LogP contribution in [0.4, 0.5) is 11.6 Å². The highest BCUT2D eigenvalue weighted by atomic mass is 32.2. The molecule has 2 heterocycles. The molecule has 0 saturated carbocycles. The Balaban J connectivity index is 1.51. The molecule has 8 heteroatoms. The fourth-order valence-corrected chi connectivity index (χ4v) is 5.26. The fourth-order valence-electron chi connectivity index (χ4n) is 4.58. The van der Waals surface area contributed by atoms with Crippen LogP contribution in [-0.2, 0) is 11.4 Å². The van der Waals surface area contributed by atoms with Gasteiger partial charge < -0.3 is 15.4 Å². The predicted octanol–water partition coefficient (Wildman–Crippen LogP) is 6.90. The number of thioether (sulfide) groups is 1. The molecule has 0 fully saturated rings. The van der Waals surface area contributed by atoms with Gasteiger partial charge >= 0.3 is 0 Å². The van der Waals surface area contributed by atoms with Crippen LogP contribution in [0.3, 0.4) is 0 Å². The number of anilines is 2. The van der Waals surface area contributed by atoms with E-state index in [1.807, 2.05) is 98.2 Å². The first-order chi connectivity index (χ1) is 18.9. The van der Waals surface area contributed by atoms with Crippen molar-refractivity contribution in [3.63, 3.8) is 0 Å². The van der Waals surface area contributed by atoms with Crippen molar-refractivity contribution in [3.8, 4) is 5.75 Å². The molecule has 3 aromatic carbocycles. The molecule has 0 saturated heterocycles. The molecule has 39 heavy (non-hydrogen) atoms. The third kappa shape index (κ3) is 5.86. The Bertz CT molecular complexity index is 1510. The monoisotopic (exact) mass is 539 g/mol. The van der Waals surface area contributed by atoms with Gasteiger partial charge in [0, 0.05) is 17.1 Å². The standard InChI is InChI=1S/C31H33N5O2S/c1-5-17-39-31-34-30-32-22(4)27(29(37)33-26-16-9-11-20(2)21(26)3)28(36(30)35-31)24-14-10-15-25(18-24)38-19-23-12-7-6-8-13-23/h6-16,18,28H,5,17,19H2,1-4H3,(H,33,37)(H,32,34,35). The van der Waals surface area contributed by atoms with Gasteiger partial charge in [0.1, 0.15) is 18.4 Å². The third-order valence-corrected chi connectivity index (χ3v) is 7.83. The number of ether oxygens (including phenoxy) is 1. The minimum Gasteiger partial charge on any atom is -0.489 e. The number of carbonyl (C=O) groups excluding carboxylic acids is 1. The van der Waals surface area contributed by atoms with Gasteiger partial charge in [0.05, 0.1) is 5.57 Å². The lowest BCUT2D eigenvalue weighted by molar-refractivity contribution is -0.113. The van der Waals surface area contributed by atoms with Gasteiger partial charge in [0.2, 0.25) is 11.1 Å². The van der Waals surface area contributed by atoms with Crippen LogP contribution < -0.4 is 15.4 Å². The van der Waals surface area contributed by atoms with E-state index in [4.69, 9.17) is 14.8 Å². The van der Waals surface area contributed by atoms with Crippen LogP contribution in [-0.4, -0.2) is 26.4 Å². The van der Waals surface area contributed by atoms with E-state index in [1.165, 1.54) is 0 Å². The number of benzene rings is 3. The minimum atomic E-state index is -0.477. The zero-order chi connectivity index (χ0) is 27.4. The maximum Gasteiger partial charge on any atom is 0.255 e. The maximum atomic E-state index is 13.9. The van der Waals surface area contributed by atoms with Crippen LogP contribution in [0.2, 0.25) is 0 Å². The number of hydrogen-bond donors (Lipinski definition) is 2. The Hall–Kier alpha value is -4.04. The number of hydrogen-bond acceptors (Lipinski definition) is 6. The normalized spacial score (nSPS) is 14.5. The fraction of sp³-hybridized carbons (Fsp3) is 0.258. The van der Waals surface area contributed by atoms with Crippen molar-refractivity contribution in [1.82, 2.24) is 14.8 Å². The van der Waals surface area contributed by atoms with E-state index < -0.39 is 6.04 Å². The first kappa shape index (κ1) is 26.6. The smallest absolute Gasteiger partial charge is 0.255 e. The Morgan fingerprint density at radius 2 is 1.85 bits per heavy atom. The van der Waals surface area contributed by atoms with Gasteiger partial charge in [-0.15, -0.1) is 5.10 Å². The van der Waals surface area contributed by atoms with E-state index in [1.54, 1.807) is 11.8 Å². The van der Waals surface area contributed by atoms with Gasteiger partial charge in [0.25, 0.3) is 5.91 Å². The van der Waals surface area contributed by atoms with Gasteiger partial charge in [0.15, 0.2) is 0 Å². The zero-order valence-electron chi connectivity index (χ0n) is 22.7. The highest BCUT2D eigenvalue weighted by Gasteiger charge is 2.34. The average molecular weight is 540 g/mol. The molecule has 0 radical (unpaired) electrons. The molecule has 5 rings (SSSR count). The van der Waals surface area contributed by atoms with Crippen LogP contribution >= 0.6 is 11.8 Å². The van der Waals surface area contributed by atoms with E-state index >= 15 is 0 Å². The Morgan fingerprint density at radius 3 is 2.64 bits per heavy atom. The molecule has 0 bridgehead atoms. The lowest BCUT2D eigenvalue weighted by atomic mass is 9.94. The van der Waals surface area contributed by atoms with Crippen molar-refractivity contribution < 1.29 is 9.53 Å². The summed E-state index contributed by atoms with van der Waals surface area (Å²) < 4.78 is 7.95. The van der Waals surface area contributed by atoms with Crippen molar-refractivity contribution >= 4 is 29.3 Å². The maximum absolute atomic E-state index is 13.9. The molecule has 1 aliphatic heterocycles. The molecular weight excluding hydrogens is 506 g/mol. The molecule has 1 aromatic heterocycles.